The highest BCUT2D eigenvalue weighted by molar-refractivity contribution is 6.01. The molecule has 9 atom stereocenters. The number of amides is 4. The zero-order chi connectivity index (χ0) is 31.9. The minimum Gasteiger partial charge on any atom is -0.472 e. The van der Waals surface area contributed by atoms with Crippen molar-refractivity contribution < 1.29 is 32.7 Å². The topological polar surface area (TPSA) is 145 Å². The van der Waals surface area contributed by atoms with Crippen LogP contribution < -0.4 is 15.4 Å². The van der Waals surface area contributed by atoms with Gasteiger partial charge < -0.3 is 25.2 Å². The van der Waals surface area contributed by atoms with Crippen LogP contribution in [-0.4, -0.2) is 87.1 Å². The highest BCUT2D eigenvalue weighted by atomic mass is 19.1. The third-order valence-corrected chi connectivity index (χ3v) is 10.2. The average Bonchev–Trinajstić information content (AvgIpc) is 3.70. The molecule has 2 bridgehead atoms. The Balaban J connectivity index is 1.34. The van der Waals surface area contributed by atoms with E-state index < -0.39 is 76.4 Å². The van der Waals surface area contributed by atoms with Gasteiger partial charge in [0, 0.05) is 19.2 Å². The van der Waals surface area contributed by atoms with Gasteiger partial charge in [-0.3, -0.25) is 19.2 Å². The number of carbonyl (C=O) groups excluding carboxylic acids is 4. The maximum absolute atomic E-state index is 15.2. The van der Waals surface area contributed by atoms with Gasteiger partial charge >= 0.3 is 0 Å². The van der Waals surface area contributed by atoms with Crippen LogP contribution in [0.25, 0.3) is 0 Å². The number of nitriles is 1. The number of ether oxygens (including phenoxy) is 1. The smallest absolute Gasteiger partial charge is 0.271 e. The van der Waals surface area contributed by atoms with Gasteiger partial charge in [-0.2, -0.15) is 5.26 Å². The Bertz CT molecular complexity index is 1450. The second-order valence-corrected chi connectivity index (χ2v) is 14.5. The van der Waals surface area contributed by atoms with Crippen LogP contribution in [0.5, 0.6) is 5.75 Å². The lowest BCUT2D eigenvalue weighted by Crippen LogP contribution is -2.61. The fourth-order valence-electron chi connectivity index (χ4n) is 8.04. The number of carbonyl (C=O) groups is 4. The van der Waals surface area contributed by atoms with Crippen molar-refractivity contribution in [1.82, 2.24) is 20.1 Å². The Morgan fingerprint density at radius 2 is 1.93 bits per heavy atom. The number of anilines is 1. The summed E-state index contributed by atoms with van der Waals surface area (Å²) in [6.07, 6.45) is 1.25. The highest BCUT2D eigenvalue weighted by Crippen LogP contribution is 2.59. The standard InChI is InChI=1S/C31H38F2N6O5/c1-29(2,3)23(36-27(42)30(4,5)33)26(41)38-13-18-15-9-17(19(32)10-15)21(18)22(38)25(40)39-14-31(11-16(39)12-34)28(43)37-24-20(44-31)7-6-8-35-24/h6-8,15-19,21-23H,9-11,13-14H2,1-5H3,(H,36,42)(H,35,37,43). The van der Waals surface area contributed by atoms with E-state index in [9.17, 15) is 28.8 Å². The molecule has 2 N–H and O–H groups in total. The van der Waals surface area contributed by atoms with E-state index in [0.717, 1.165) is 13.8 Å². The molecule has 4 amide bonds. The van der Waals surface area contributed by atoms with Gasteiger partial charge in [0.15, 0.2) is 17.2 Å². The third kappa shape index (κ3) is 4.68. The predicted octanol–water partition coefficient (Wildman–Crippen LogP) is 2.38. The van der Waals surface area contributed by atoms with E-state index in [-0.39, 0.29) is 37.2 Å². The quantitative estimate of drug-likeness (QED) is 0.531. The Morgan fingerprint density at radius 3 is 2.59 bits per heavy atom. The summed E-state index contributed by atoms with van der Waals surface area (Å²) in [5.74, 6) is -3.15. The van der Waals surface area contributed by atoms with Crippen molar-refractivity contribution in [2.45, 2.75) is 89.4 Å². The van der Waals surface area contributed by atoms with Gasteiger partial charge in [-0.05, 0) is 67.9 Å². The van der Waals surface area contributed by atoms with Crippen LogP contribution in [0.1, 0.15) is 53.9 Å². The number of hydrogen-bond acceptors (Lipinski definition) is 7. The summed E-state index contributed by atoms with van der Waals surface area (Å²) in [5, 5.41) is 15.4. The summed E-state index contributed by atoms with van der Waals surface area (Å²) in [5.41, 5.74) is -4.65. The van der Waals surface area contributed by atoms with Gasteiger partial charge in [0.25, 0.3) is 11.8 Å². The number of halogens is 2. The molecule has 2 aliphatic carbocycles. The molecule has 9 unspecified atom stereocenters. The summed E-state index contributed by atoms with van der Waals surface area (Å²) < 4.78 is 35.9. The summed E-state index contributed by atoms with van der Waals surface area (Å²) in [6, 6.07) is 2.06. The number of hydrogen-bond donors (Lipinski definition) is 2. The number of fused-ring (bicyclic) bond motifs is 6. The van der Waals surface area contributed by atoms with E-state index in [4.69, 9.17) is 4.74 Å². The normalized spacial score (nSPS) is 34.6. The van der Waals surface area contributed by atoms with Gasteiger partial charge in [0.05, 0.1) is 12.6 Å². The first-order valence-electron chi connectivity index (χ1n) is 15.2. The maximum Gasteiger partial charge on any atom is 0.271 e. The highest BCUT2D eigenvalue weighted by Gasteiger charge is 2.65. The second-order valence-electron chi connectivity index (χ2n) is 14.5. The zero-order valence-corrected chi connectivity index (χ0v) is 25.5. The van der Waals surface area contributed by atoms with Crippen molar-refractivity contribution in [3.05, 3.63) is 18.3 Å². The van der Waals surface area contributed by atoms with Gasteiger partial charge in [-0.15, -0.1) is 0 Å². The van der Waals surface area contributed by atoms with E-state index in [0.29, 0.717) is 18.6 Å². The number of nitrogens with zero attached hydrogens (tertiary/aromatic N) is 4. The molecule has 1 spiro atoms. The molecule has 0 aromatic carbocycles. The van der Waals surface area contributed by atoms with Crippen molar-refractivity contribution in [2.24, 2.45) is 29.1 Å². The first-order valence-corrected chi connectivity index (χ1v) is 15.2. The third-order valence-electron chi connectivity index (χ3n) is 10.2. The van der Waals surface area contributed by atoms with E-state index in [1.165, 1.54) is 16.0 Å². The minimum absolute atomic E-state index is 0.00584. The molecule has 6 rings (SSSR count). The molecule has 44 heavy (non-hydrogen) atoms. The maximum atomic E-state index is 15.2. The van der Waals surface area contributed by atoms with Gasteiger partial charge in [-0.1, -0.05) is 20.8 Å². The molecule has 1 aromatic rings. The fraction of sp³-hybridized carbons (Fsp3) is 0.677. The fourth-order valence-corrected chi connectivity index (χ4v) is 8.04. The second kappa shape index (κ2) is 10.1. The molecule has 13 heteroatoms. The van der Waals surface area contributed by atoms with Crippen LogP contribution in [0, 0.1) is 40.4 Å². The molecular formula is C31H38F2N6O5. The monoisotopic (exact) mass is 612 g/mol. The summed E-state index contributed by atoms with van der Waals surface area (Å²) in [7, 11) is 0. The van der Waals surface area contributed by atoms with Crippen LogP contribution in [0.2, 0.25) is 0 Å². The van der Waals surface area contributed by atoms with Crippen LogP contribution in [-0.2, 0) is 19.2 Å². The number of likely N-dealkylation sites (tertiary alicyclic amines) is 2. The molecule has 236 valence electrons. The van der Waals surface area contributed by atoms with E-state index in [1.807, 2.05) is 0 Å². The van der Waals surface area contributed by atoms with Gasteiger partial charge in [-0.25, -0.2) is 13.8 Å². The summed E-state index contributed by atoms with van der Waals surface area (Å²) in [4.78, 5) is 61.8. The molecule has 4 fully saturated rings. The van der Waals surface area contributed by atoms with E-state index >= 15 is 4.39 Å². The molecule has 5 aliphatic rings. The van der Waals surface area contributed by atoms with Gasteiger partial charge in [0.2, 0.25) is 17.4 Å². The van der Waals surface area contributed by atoms with Crippen molar-refractivity contribution in [1.29, 1.82) is 5.26 Å². The molecule has 2 saturated carbocycles. The minimum atomic E-state index is -2.25. The lowest BCUT2D eigenvalue weighted by molar-refractivity contribution is -0.150. The lowest BCUT2D eigenvalue weighted by Gasteiger charge is -2.39. The largest absolute Gasteiger partial charge is 0.472 e. The molecule has 1 aromatic heterocycles. The number of alkyl halides is 2. The van der Waals surface area contributed by atoms with Crippen LogP contribution in [0.3, 0.4) is 0 Å². The Labute approximate surface area is 254 Å². The molecule has 11 nitrogen and oxygen atoms in total. The first kappa shape index (κ1) is 30.2. The molecule has 3 aliphatic heterocycles. The molecule has 4 heterocycles. The Hall–Kier alpha value is -3.82. The SMILES string of the molecule is CC(C)(F)C(=O)NC(C(=O)N1CC2C3CC(F)C(C3)C2C1C(=O)N1CC2(CC1C#N)Oc1cccnc1NC2=O)C(C)(C)C. The summed E-state index contributed by atoms with van der Waals surface area (Å²) in [6.45, 7) is 7.33. The number of aromatic nitrogens is 1. The molecular weight excluding hydrogens is 574 g/mol. The molecule has 2 saturated heterocycles. The van der Waals surface area contributed by atoms with E-state index in [2.05, 4.69) is 21.7 Å². The number of nitrogens with one attached hydrogen (secondary N) is 2. The summed E-state index contributed by atoms with van der Waals surface area (Å²) >= 11 is 0. The number of rotatable bonds is 4. The Morgan fingerprint density at radius 1 is 1.20 bits per heavy atom. The Kier molecular flexibility index (Phi) is 6.94. The van der Waals surface area contributed by atoms with Crippen molar-refractivity contribution in [3.63, 3.8) is 0 Å². The van der Waals surface area contributed by atoms with Crippen LogP contribution >= 0.6 is 0 Å². The van der Waals surface area contributed by atoms with Crippen LogP contribution in [0.4, 0.5) is 14.6 Å². The van der Waals surface area contributed by atoms with Crippen molar-refractivity contribution >= 4 is 29.4 Å². The van der Waals surface area contributed by atoms with Crippen LogP contribution in [0.15, 0.2) is 18.3 Å². The average molecular weight is 613 g/mol. The molecule has 0 radical (unpaired) electrons. The van der Waals surface area contributed by atoms with Crippen molar-refractivity contribution in [3.8, 4) is 11.8 Å². The zero-order valence-electron chi connectivity index (χ0n) is 25.5. The van der Waals surface area contributed by atoms with E-state index in [1.54, 1.807) is 32.9 Å². The van der Waals surface area contributed by atoms with Crippen molar-refractivity contribution in [2.75, 3.05) is 18.4 Å². The predicted molar refractivity (Wildman–Crippen MR) is 152 cm³/mol. The first-order chi connectivity index (χ1) is 20.6. The number of pyridine rings is 1. The van der Waals surface area contributed by atoms with Gasteiger partial charge in [0.1, 0.15) is 24.3 Å². The lowest BCUT2D eigenvalue weighted by atomic mass is 9.77.